The number of likely N-dealkylation sites (N-methyl/N-ethyl adjacent to an activating group) is 1. The van der Waals surface area contributed by atoms with E-state index in [9.17, 15) is 4.79 Å². The van der Waals surface area contributed by atoms with Gasteiger partial charge in [-0.3, -0.25) is 4.79 Å². The first-order valence-electron chi connectivity index (χ1n) is 10.8. The van der Waals surface area contributed by atoms with Crippen molar-refractivity contribution in [2.75, 3.05) is 63.6 Å². The molecule has 3 rings (SSSR count). The highest BCUT2D eigenvalue weighted by Gasteiger charge is 2.20. The van der Waals surface area contributed by atoms with Crippen molar-refractivity contribution in [1.82, 2.24) is 20.1 Å². The van der Waals surface area contributed by atoms with Crippen molar-refractivity contribution >= 4 is 23.4 Å². The van der Waals surface area contributed by atoms with Crippen molar-refractivity contribution in [1.29, 1.82) is 0 Å². The average molecular weight is 424 g/mol. The molecule has 1 saturated heterocycles. The zero-order valence-electron chi connectivity index (χ0n) is 18.7. The summed E-state index contributed by atoms with van der Waals surface area (Å²) in [6.07, 6.45) is 1.84. The monoisotopic (exact) mass is 423 g/mol. The summed E-state index contributed by atoms with van der Waals surface area (Å²) in [4.78, 5) is 27.8. The number of guanidine groups is 1. The fourth-order valence-electron chi connectivity index (χ4n) is 3.52. The number of carbonyl (C=O) groups is 1. The molecule has 8 nitrogen and oxygen atoms in total. The minimum atomic E-state index is -0.0234. The molecular weight excluding hydrogens is 390 g/mol. The number of rotatable bonds is 7. The molecule has 1 aliphatic rings. The summed E-state index contributed by atoms with van der Waals surface area (Å²) in [7, 11) is 3.76. The van der Waals surface area contributed by atoms with Crippen LogP contribution in [0.5, 0.6) is 0 Å². The second-order valence-electron chi connectivity index (χ2n) is 7.82. The lowest BCUT2D eigenvalue weighted by Gasteiger charge is -2.37. The second kappa shape index (κ2) is 11.3. The van der Waals surface area contributed by atoms with Gasteiger partial charge in [0.15, 0.2) is 5.96 Å². The maximum atomic E-state index is 12.0. The minimum absolute atomic E-state index is 0.0234. The van der Waals surface area contributed by atoms with E-state index in [2.05, 4.69) is 38.4 Å². The first kappa shape index (κ1) is 22.6. The van der Waals surface area contributed by atoms with E-state index < -0.39 is 0 Å². The number of hydrogen-bond acceptors (Lipinski definition) is 5. The van der Waals surface area contributed by atoms with E-state index in [-0.39, 0.29) is 5.91 Å². The molecule has 2 aromatic rings. The summed E-state index contributed by atoms with van der Waals surface area (Å²) in [5.74, 6) is 1.92. The molecule has 1 aromatic heterocycles. The number of carbonyl (C=O) groups excluding carboxylic acids is 1. The maximum absolute atomic E-state index is 12.0. The molecule has 0 atom stereocenters. The Kier molecular flexibility index (Phi) is 8.23. The Labute approximate surface area is 185 Å². The lowest BCUT2D eigenvalue weighted by molar-refractivity contribution is -0.116. The Bertz CT molecular complexity index is 861. The summed E-state index contributed by atoms with van der Waals surface area (Å²) in [5, 5.41) is 6.36. The van der Waals surface area contributed by atoms with E-state index in [0.717, 1.165) is 55.8 Å². The number of nitrogens with one attached hydrogen (secondary N) is 2. The number of hydrogen-bond donors (Lipinski definition) is 2. The largest absolute Gasteiger partial charge is 0.357 e. The van der Waals surface area contributed by atoms with Crippen molar-refractivity contribution in [3.05, 3.63) is 54.2 Å². The molecule has 0 spiro atoms. The van der Waals surface area contributed by atoms with Crippen LogP contribution in [0.15, 0.2) is 53.7 Å². The molecule has 1 aromatic carbocycles. The van der Waals surface area contributed by atoms with E-state index >= 15 is 0 Å². The van der Waals surface area contributed by atoms with E-state index in [1.807, 2.05) is 61.6 Å². The number of aromatic nitrogens is 1. The fraction of sp³-hybridized carbons (Fsp3) is 0.435. The van der Waals surface area contributed by atoms with Crippen LogP contribution < -0.4 is 15.5 Å². The van der Waals surface area contributed by atoms with Crippen LogP contribution in [0.25, 0.3) is 0 Å². The Morgan fingerprint density at radius 3 is 2.61 bits per heavy atom. The Balaban J connectivity index is 1.60. The molecule has 0 bridgehead atoms. The summed E-state index contributed by atoms with van der Waals surface area (Å²) in [5.41, 5.74) is 1.86. The third-order valence-corrected chi connectivity index (χ3v) is 4.97. The molecule has 1 amide bonds. The van der Waals surface area contributed by atoms with Crippen LogP contribution >= 0.6 is 0 Å². The van der Waals surface area contributed by atoms with E-state index in [1.54, 1.807) is 0 Å². The SMILES string of the molecule is CCNC(=NCc1cccc(NC(=O)CN(C)C)c1)N1CCN(c2ccccn2)CC1. The summed E-state index contributed by atoms with van der Waals surface area (Å²) < 4.78 is 0. The van der Waals surface area contributed by atoms with Crippen molar-refractivity contribution in [3.8, 4) is 0 Å². The highest BCUT2D eigenvalue weighted by Crippen LogP contribution is 2.14. The lowest BCUT2D eigenvalue weighted by atomic mass is 10.2. The van der Waals surface area contributed by atoms with Crippen LogP contribution in [0.3, 0.4) is 0 Å². The van der Waals surface area contributed by atoms with Gasteiger partial charge in [-0.1, -0.05) is 18.2 Å². The van der Waals surface area contributed by atoms with Crippen molar-refractivity contribution in [2.24, 2.45) is 4.99 Å². The van der Waals surface area contributed by atoms with Crippen molar-refractivity contribution < 1.29 is 4.79 Å². The standard InChI is InChI=1S/C23H33N7O/c1-4-24-23(30-14-12-29(13-15-30)21-10-5-6-11-25-21)26-17-19-8-7-9-20(16-19)27-22(31)18-28(2)3/h5-11,16H,4,12-15,17-18H2,1-3H3,(H,24,26)(H,27,31). The van der Waals surface area contributed by atoms with Crippen LogP contribution in [0.2, 0.25) is 0 Å². The number of anilines is 2. The summed E-state index contributed by atoms with van der Waals surface area (Å²) in [6.45, 7) is 7.42. The molecule has 8 heteroatoms. The van der Waals surface area contributed by atoms with Crippen molar-refractivity contribution in [3.63, 3.8) is 0 Å². The minimum Gasteiger partial charge on any atom is -0.357 e. The van der Waals surface area contributed by atoms with Gasteiger partial charge in [0.05, 0.1) is 13.1 Å². The van der Waals surface area contributed by atoms with Crippen LogP contribution in [-0.4, -0.2) is 80.0 Å². The zero-order chi connectivity index (χ0) is 22.1. The number of nitrogens with zero attached hydrogens (tertiary/aromatic N) is 5. The second-order valence-corrected chi connectivity index (χ2v) is 7.82. The quantitative estimate of drug-likeness (QED) is 0.523. The van der Waals surface area contributed by atoms with Gasteiger partial charge in [-0.2, -0.15) is 0 Å². The third kappa shape index (κ3) is 6.96. The van der Waals surface area contributed by atoms with Crippen LogP contribution in [0.4, 0.5) is 11.5 Å². The van der Waals surface area contributed by atoms with Gasteiger partial charge in [-0.15, -0.1) is 0 Å². The van der Waals surface area contributed by atoms with Gasteiger partial charge < -0.3 is 25.3 Å². The number of amides is 1. The Morgan fingerprint density at radius 2 is 1.94 bits per heavy atom. The predicted octanol–water partition coefficient (Wildman–Crippen LogP) is 1.87. The first-order valence-corrected chi connectivity index (χ1v) is 10.8. The molecule has 0 aliphatic carbocycles. The molecule has 31 heavy (non-hydrogen) atoms. The van der Waals surface area contributed by atoms with Crippen LogP contribution in [0, 0.1) is 0 Å². The zero-order valence-corrected chi connectivity index (χ0v) is 18.7. The maximum Gasteiger partial charge on any atom is 0.238 e. The predicted molar refractivity (Wildman–Crippen MR) is 126 cm³/mol. The van der Waals surface area contributed by atoms with Gasteiger partial charge in [-0.25, -0.2) is 9.98 Å². The van der Waals surface area contributed by atoms with Gasteiger partial charge in [0.1, 0.15) is 5.82 Å². The van der Waals surface area contributed by atoms with E-state index in [0.29, 0.717) is 13.1 Å². The number of aliphatic imine (C=N–C) groups is 1. The fourth-order valence-corrected chi connectivity index (χ4v) is 3.52. The molecule has 0 unspecified atom stereocenters. The summed E-state index contributed by atoms with van der Waals surface area (Å²) in [6, 6.07) is 13.9. The van der Waals surface area contributed by atoms with E-state index in [1.165, 1.54) is 0 Å². The highest BCUT2D eigenvalue weighted by atomic mass is 16.2. The molecule has 2 N–H and O–H groups in total. The highest BCUT2D eigenvalue weighted by molar-refractivity contribution is 5.92. The Hall–Kier alpha value is -3.13. The lowest BCUT2D eigenvalue weighted by Crippen LogP contribution is -2.52. The smallest absolute Gasteiger partial charge is 0.238 e. The van der Waals surface area contributed by atoms with Gasteiger partial charge in [0, 0.05) is 44.6 Å². The molecule has 166 valence electrons. The number of pyridine rings is 1. The molecular formula is C23H33N7O. The van der Waals surface area contributed by atoms with E-state index in [4.69, 9.17) is 4.99 Å². The first-order chi connectivity index (χ1) is 15.0. The molecule has 0 saturated carbocycles. The van der Waals surface area contributed by atoms with Crippen LogP contribution in [-0.2, 0) is 11.3 Å². The topological polar surface area (TPSA) is 76.1 Å². The van der Waals surface area contributed by atoms with Gasteiger partial charge in [0.2, 0.25) is 5.91 Å². The Morgan fingerprint density at radius 1 is 1.13 bits per heavy atom. The molecule has 1 fully saturated rings. The molecule has 1 aliphatic heterocycles. The van der Waals surface area contributed by atoms with Gasteiger partial charge in [-0.05, 0) is 50.8 Å². The number of piperazine rings is 1. The average Bonchev–Trinajstić information content (AvgIpc) is 2.77. The summed E-state index contributed by atoms with van der Waals surface area (Å²) >= 11 is 0. The molecule has 2 heterocycles. The number of benzene rings is 1. The van der Waals surface area contributed by atoms with Gasteiger partial charge >= 0.3 is 0 Å². The van der Waals surface area contributed by atoms with Crippen LogP contribution in [0.1, 0.15) is 12.5 Å². The normalized spacial score (nSPS) is 14.6. The van der Waals surface area contributed by atoms with Crippen molar-refractivity contribution in [2.45, 2.75) is 13.5 Å². The molecule has 0 radical (unpaired) electrons. The van der Waals surface area contributed by atoms with Gasteiger partial charge in [0.25, 0.3) is 0 Å². The third-order valence-electron chi connectivity index (χ3n) is 4.97.